The first-order valence-corrected chi connectivity index (χ1v) is 9.53. The van der Waals surface area contributed by atoms with Gasteiger partial charge in [0, 0.05) is 41.8 Å². The zero-order valence-corrected chi connectivity index (χ0v) is 16.7. The molecule has 0 aliphatic carbocycles. The lowest BCUT2D eigenvalue weighted by molar-refractivity contribution is -0.148. The standard InChI is InChI=1S/C22H21F2N3O3/c1-11(2)21-15(9-20(30-3)22(28)29)14-8-18-12(10-25-26-18)6-19(14)27(21)13-4-5-16(23)17(24)7-13/h4-8,10-11,20H,9H2,1-3H3,(H,25,26)(H,28,29)/t20-/m0/s1. The predicted octanol–water partition coefficient (Wildman–Crippen LogP) is 4.55. The molecular formula is C22H21F2N3O3. The van der Waals surface area contributed by atoms with E-state index < -0.39 is 23.7 Å². The summed E-state index contributed by atoms with van der Waals surface area (Å²) < 4.78 is 34.7. The third-order valence-corrected chi connectivity index (χ3v) is 5.33. The molecule has 0 aliphatic rings. The number of nitrogens with one attached hydrogen (secondary N) is 1. The highest BCUT2D eigenvalue weighted by Gasteiger charge is 2.27. The number of ether oxygens (including phenoxy) is 1. The Morgan fingerprint density at radius 1 is 1.23 bits per heavy atom. The van der Waals surface area contributed by atoms with Crippen LogP contribution in [0.15, 0.2) is 36.5 Å². The van der Waals surface area contributed by atoms with Gasteiger partial charge in [0.05, 0.1) is 17.2 Å². The van der Waals surface area contributed by atoms with Gasteiger partial charge in [-0.25, -0.2) is 13.6 Å². The van der Waals surface area contributed by atoms with Crippen molar-refractivity contribution in [3.8, 4) is 5.69 Å². The Morgan fingerprint density at radius 3 is 2.63 bits per heavy atom. The highest BCUT2D eigenvalue weighted by molar-refractivity contribution is 5.99. The van der Waals surface area contributed by atoms with Gasteiger partial charge in [-0.1, -0.05) is 13.8 Å². The van der Waals surface area contributed by atoms with E-state index in [1.807, 2.05) is 30.5 Å². The summed E-state index contributed by atoms with van der Waals surface area (Å²) in [5.41, 5.74) is 3.62. The number of hydrogen-bond donors (Lipinski definition) is 2. The van der Waals surface area contributed by atoms with E-state index in [2.05, 4.69) is 10.2 Å². The first-order valence-electron chi connectivity index (χ1n) is 9.53. The minimum atomic E-state index is -1.07. The van der Waals surface area contributed by atoms with Crippen molar-refractivity contribution < 1.29 is 23.4 Å². The van der Waals surface area contributed by atoms with E-state index in [0.29, 0.717) is 5.69 Å². The van der Waals surface area contributed by atoms with Crippen LogP contribution in [-0.2, 0) is 16.0 Å². The topological polar surface area (TPSA) is 80.1 Å². The normalized spacial score (nSPS) is 12.9. The molecule has 2 heterocycles. The van der Waals surface area contributed by atoms with Crippen LogP contribution in [-0.4, -0.2) is 39.1 Å². The molecule has 4 rings (SSSR count). The number of aromatic amines is 1. The highest BCUT2D eigenvalue weighted by atomic mass is 19.2. The number of methoxy groups -OCH3 is 1. The van der Waals surface area contributed by atoms with E-state index in [-0.39, 0.29) is 12.3 Å². The smallest absolute Gasteiger partial charge is 0.333 e. The molecule has 0 radical (unpaired) electrons. The van der Waals surface area contributed by atoms with Gasteiger partial charge in [-0.2, -0.15) is 5.10 Å². The summed E-state index contributed by atoms with van der Waals surface area (Å²) in [6.45, 7) is 3.95. The van der Waals surface area contributed by atoms with E-state index in [9.17, 15) is 18.7 Å². The molecule has 6 nitrogen and oxygen atoms in total. The SMILES string of the molecule is CO[C@@H](Cc1c(C(C)C)n(-c2ccc(F)c(F)c2)c2cc3cn[nH]c3cc12)C(=O)O. The molecule has 0 spiro atoms. The molecule has 2 aromatic carbocycles. The van der Waals surface area contributed by atoms with Gasteiger partial charge in [0.2, 0.25) is 0 Å². The fraction of sp³-hybridized carbons (Fsp3) is 0.273. The average molecular weight is 413 g/mol. The maximum atomic E-state index is 14.1. The molecule has 0 unspecified atom stereocenters. The molecule has 8 heteroatoms. The van der Waals surface area contributed by atoms with E-state index in [1.54, 1.807) is 6.20 Å². The molecule has 0 bridgehead atoms. The second-order valence-corrected chi connectivity index (χ2v) is 7.55. The van der Waals surface area contributed by atoms with Crippen LogP contribution in [0.1, 0.15) is 31.0 Å². The number of carboxylic acids is 1. The van der Waals surface area contributed by atoms with Crippen molar-refractivity contribution in [1.29, 1.82) is 0 Å². The largest absolute Gasteiger partial charge is 0.479 e. The number of benzene rings is 2. The lowest BCUT2D eigenvalue weighted by atomic mass is 9.98. The molecule has 0 saturated heterocycles. The molecule has 2 N–H and O–H groups in total. The summed E-state index contributed by atoms with van der Waals surface area (Å²) in [5, 5.41) is 18.2. The lowest BCUT2D eigenvalue weighted by Gasteiger charge is -2.17. The Labute approximate surface area is 171 Å². The predicted molar refractivity (Wildman–Crippen MR) is 109 cm³/mol. The van der Waals surface area contributed by atoms with Gasteiger partial charge in [0.1, 0.15) is 0 Å². The fourth-order valence-electron chi connectivity index (χ4n) is 3.99. The van der Waals surface area contributed by atoms with Gasteiger partial charge in [-0.15, -0.1) is 0 Å². The molecule has 156 valence electrons. The molecule has 4 aromatic rings. The van der Waals surface area contributed by atoms with Crippen molar-refractivity contribution in [2.24, 2.45) is 0 Å². The van der Waals surface area contributed by atoms with Crippen LogP contribution in [0.4, 0.5) is 8.78 Å². The van der Waals surface area contributed by atoms with Crippen molar-refractivity contribution >= 4 is 27.8 Å². The van der Waals surface area contributed by atoms with Gasteiger partial charge in [0.25, 0.3) is 0 Å². The summed E-state index contributed by atoms with van der Waals surface area (Å²) in [7, 11) is 1.36. The van der Waals surface area contributed by atoms with Crippen LogP contribution in [0.5, 0.6) is 0 Å². The Morgan fingerprint density at radius 2 is 2.00 bits per heavy atom. The summed E-state index contributed by atoms with van der Waals surface area (Å²) in [4.78, 5) is 11.6. The number of aliphatic carboxylic acids is 1. The number of carboxylic acid groups (broad SMARTS) is 1. The third-order valence-electron chi connectivity index (χ3n) is 5.33. The molecule has 30 heavy (non-hydrogen) atoms. The Balaban J connectivity index is 2.09. The number of aromatic nitrogens is 3. The quantitative estimate of drug-likeness (QED) is 0.486. The molecular weight excluding hydrogens is 392 g/mol. The second kappa shape index (κ2) is 7.53. The molecule has 0 amide bonds. The van der Waals surface area contributed by atoms with E-state index >= 15 is 0 Å². The van der Waals surface area contributed by atoms with Crippen LogP contribution in [0.25, 0.3) is 27.5 Å². The minimum Gasteiger partial charge on any atom is -0.479 e. The van der Waals surface area contributed by atoms with E-state index in [4.69, 9.17) is 4.74 Å². The van der Waals surface area contributed by atoms with Crippen molar-refractivity contribution in [3.05, 3.63) is 59.4 Å². The van der Waals surface area contributed by atoms with E-state index in [1.165, 1.54) is 13.2 Å². The Hall–Kier alpha value is -3.26. The van der Waals surface area contributed by atoms with Crippen molar-refractivity contribution in [1.82, 2.24) is 14.8 Å². The van der Waals surface area contributed by atoms with Crippen LogP contribution in [0, 0.1) is 11.6 Å². The molecule has 1 atom stereocenters. The summed E-state index contributed by atoms with van der Waals surface area (Å²) >= 11 is 0. The Kier molecular flexibility index (Phi) is 5.03. The highest BCUT2D eigenvalue weighted by Crippen LogP contribution is 2.37. The van der Waals surface area contributed by atoms with Crippen LogP contribution < -0.4 is 0 Å². The lowest BCUT2D eigenvalue weighted by Crippen LogP contribution is -2.25. The van der Waals surface area contributed by atoms with E-state index in [0.717, 1.165) is 45.2 Å². The summed E-state index contributed by atoms with van der Waals surface area (Å²) in [5.74, 6) is -2.97. The van der Waals surface area contributed by atoms with Gasteiger partial charge in [-0.05, 0) is 35.7 Å². The van der Waals surface area contributed by atoms with Gasteiger partial charge in [0.15, 0.2) is 17.7 Å². The van der Waals surface area contributed by atoms with Gasteiger partial charge >= 0.3 is 5.97 Å². The maximum absolute atomic E-state index is 14.1. The molecule has 2 aromatic heterocycles. The zero-order valence-electron chi connectivity index (χ0n) is 16.7. The van der Waals surface area contributed by atoms with Crippen molar-refractivity contribution in [3.63, 3.8) is 0 Å². The molecule has 0 aliphatic heterocycles. The van der Waals surface area contributed by atoms with Gasteiger partial charge < -0.3 is 14.4 Å². The van der Waals surface area contributed by atoms with Crippen LogP contribution in [0.3, 0.4) is 0 Å². The number of rotatable bonds is 6. The van der Waals surface area contributed by atoms with Crippen molar-refractivity contribution in [2.75, 3.05) is 7.11 Å². The molecule has 0 fully saturated rings. The first kappa shape index (κ1) is 20.0. The van der Waals surface area contributed by atoms with Crippen LogP contribution >= 0.6 is 0 Å². The number of fused-ring (bicyclic) bond motifs is 2. The molecule has 0 saturated carbocycles. The number of carbonyl (C=O) groups is 1. The number of H-pyrrole nitrogens is 1. The Bertz CT molecular complexity index is 1260. The maximum Gasteiger partial charge on any atom is 0.333 e. The zero-order chi connectivity index (χ0) is 21.6. The second-order valence-electron chi connectivity index (χ2n) is 7.55. The number of nitrogens with zero attached hydrogens (tertiary/aromatic N) is 2. The van der Waals surface area contributed by atoms with Crippen molar-refractivity contribution in [2.45, 2.75) is 32.3 Å². The van der Waals surface area contributed by atoms with Crippen LogP contribution in [0.2, 0.25) is 0 Å². The summed E-state index contributed by atoms with van der Waals surface area (Å²) in [6, 6.07) is 7.57. The monoisotopic (exact) mass is 413 g/mol. The van der Waals surface area contributed by atoms with Gasteiger partial charge in [-0.3, -0.25) is 5.10 Å². The minimum absolute atomic E-state index is 0.0247. The fourth-order valence-corrected chi connectivity index (χ4v) is 3.99. The number of hydrogen-bond acceptors (Lipinski definition) is 3. The number of halogens is 2. The average Bonchev–Trinajstić information content (AvgIpc) is 3.28. The first-order chi connectivity index (χ1) is 14.3. The third kappa shape index (κ3) is 3.23. The summed E-state index contributed by atoms with van der Waals surface area (Å²) in [6.07, 6.45) is 0.775.